The predicted molar refractivity (Wildman–Crippen MR) is 91.4 cm³/mol. The van der Waals surface area contributed by atoms with E-state index in [0.29, 0.717) is 32.0 Å². The molecule has 0 saturated heterocycles. The fourth-order valence-corrected chi connectivity index (χ4v) is 3.89. The Kier molecular flexibility index (Phi) is 8.33. The van der Waals surface area contributed by atoms with Gasteiger partial charge in [0.05, 0.1) is 0 Å². The van der Waals surface area contributed by atoms with Crippen LogP contribution in [0.5, 0.6) is 0 Å². The average Bonchev–Trinajstić information content (AvgIpc) is 2.48. The highest BCUT2D eigenvalue weighted by Crippen LogP contribution is 2.22. The first-order valence-corrected chi connectivity index (χ1v) is 9.44. The first-order valence-electron chi connectivity index (χ1n) is 8.00. The van der Waals surface area contributed by atoms with Crippen molar-refractivity contribution < 1.29 is 21.6 Å². The third-order valence-electron chi connectivity index (χ3n) is 3.62. The van der Waals surface area contributed by atoms with Gasteiger partial charge in [0.15, 0.2) is 11.6 Å². The second kappa shape index (κ2) is 9.51. The van der Waals surface area contributed by atoms with E-state index in [0.717, 1.165) is 4.31 Å². The van der Waals surface area contributed by atoms with Gasteiger partial charge in [-0.15, -0.1) is 0 Å². The molecule has 0 aliphatic carbocycles. The summed E-state index contributed by atoms with van der Waals surface area (Å²) in [6, 6.07) is 0.672. The van der Waals surface area contributed by atoms with E-state index in [2.05, 4.69) is 0 Å². The maximum absolute atomic E-state index is 14.0. The van der Waals surface area contributed by atoms with Gasteiger partial charge in [-0.2, -0.15) is 4.31 Å². The minimum absolute atomic E-state index is 0.173. The van der Waals surface area contributed by atoms with Gasteiger partial charge in [-0.3, -0.25) is 0 Å². The van der Waals surface area contributed by atoms with Crippen LogP contribution >= 0.6 is 0 Å². The Labute approximate surface area is 148 Å². The van der Waals surface area contributed by atoms with Crippen molar-refractivity contribution in [1.29, 1.82) is 0 Å². The van der Waals surface area contributed by atoms with E-state index < -0.39 is 32.4 Å². The van der Waals surface area contributed by atoms with Crippen molar-refractivity contribution in [3.8, 4) is 0 Å². The van der Waals surface area contributed by atoms with Crippen molar-refractivity contribution in [2.75, 3.05) is 54.4 Å². The molecule has 0 aromatic heterocycles. The zero-order chi connectivity index (χ0) is 19.2. The standard InChI is InChI=1S/C16H26F3N3O2S/c1-20(2)7-5-9-22(10-6-8-21(3)4)25(23,24)16-12-14(18)13(17)11-15(16)19/h11-12H,5-10H2,1-4H3. The number of benzene rings is 1. The molecule has 0 heterocycles. The van der Waals surface area contributed by atoms with Gasteiger partial charge in [-0.25, -0.2) is 21.6 Å². The molecule has 1 rings (SSSR count). The normalized spacial score (nSPS) is 12.6. The summed E-state index contributed by atoms with van der Waals surface area (Å²) in [5, 5.41) is 0. The van der Waals surface area contributed by atoms with Crippen LogP contribution in [0.25, 0.3) is 0 Å². The summed E-state index contributed by atoms with van der Waals surface area (Å²) in [7, 11) is 3.19. The van der Waals surface area contributed by atoms with E-state index in [1.54, 1.807) is 0 Å². The molecule has 1 aromatic carbocycles. The van der Waals surface area contributed by atoms with Gasteiger partial charge in [0, 0.05) is 19.2 Å². The first kappa shape index (κ1) is 21.9. The highest BCUT2D eigenvalue weighted by Gasteiger charge is 2.28. The molecule has 0 aliphatic heterocycles. The SMILES string of the molecule is CN(C)CCCN(CCCN(C)C)S(=O)(=O)c1cc(F)c(F)cc1F. The van der Waals surface area contributed by atoms with Crippen LogP contribution in [0.3, 0.4) is 0 Å². The molecule has 0 aliphatic rings. The van der Waals surface area contributed by atoms with Crippen molar-refractivity contribution >= 4 is 10.0 Å². The lowest BCUT2D eigenvalue weighted by Gasteiger charge is -2.24. The number of hydrogen-bond donors (Lipinski definition) is 0. The molecular weight excluding hydrogens is 355 g/mol. The topological polar surface area (TPSA) is 43.9 Å². The minimum atomic E-state index is -4.25. The second-order valence-electron chi connectivity index (χ2n) is 6.41. The fourth-order valence-electron chi connectivity index (χ4n) is 2.32. The molecule has 1 aromatic rings. The summed E-state index contributed by atoms with van der Waals surface area (Å²) >= 11 is 0. The molecule has 25 heavy (non-hydrogen) atoms. The van der Waals surface area contributed by atoms with Crippen LogP contribution in [-0.2, 0) is 10.0 Å². The van der Waals surface area contributed by atoms with Crippen molar-refractivity contribution in [3.05, 3.63) is 29.6 Å². The largest absolute Gasteiger partial charge is 0.309 e. The molecule has 0 N–H and O–H groups in total. The zero-order valence-corrected chi connectivity index (χ0v) is 15.9. The van der Waals surface area contributed by atoms with Gasteiger partial charge in [-0.1, -0.05) is 0 Å². The van der Waals surface area contributed by atoms with E-state index in [9.17, 15) is 21.6 Å². The smallest absolute Gasteiger partial charge is 0.246 e. The summed E-state index contributed by atoms with van der Waals surface area (Å²) in [4.78, 5) is 2.98. The molecule has 0 amide bonds. The van der Waals surface area contributed by atoms with Crippen LogP contribution in [0, 0.1) is 17.5 Å². The summed E-state index contributed by atoms with van der Waals surface area (Å²) in [6.45, 7) is 1.65. The molecule has 0 bridgehead atoms. The van der Waals surface area contributed by atoms with E-state index in [1.165, 1.54) is 0 Å². The molecule has 0 atom stereocenters. The number of rotatable bonds is 10. The maximum Gasteiger partial charge on any atom is 0.246 e. The quantitative estimate of drug-likeness (QED) is 0.582. The average molecular weight is 381 g/mol. The monoisotopic (exact) mass is 381 g/mol. The van der Waals surface area contributed by atoms with Crippen LogP contribution in [0.15, 0.2) is 17.0 Å². The minimum Gasteiger partial charge on any atom is -0.309 e. The van der Waals surface area contributed by atoms with Gasteiger partial charge in [0.2, 0.25) is 10.0 Å². The number of halogens is 3. The lowest BCUT2D eigenvalue weighted by atomic mass is 10.3. The maximum atomic E-state index is 14.0. The Morgan fingerprint density at radius 2 is 1.20 bits per heavy atom. The van der Waals surface area contributed by atoms with Gasteiger partial charge < -0.3 is 9.80 Å². The summed E-state index contributed by atoms with van der Waals surface area (Å²) in [5.41, 5.74) is 0. The molecule has 0 fully saturated rings. The third kappa shape index (κ3) is 6.58. The van der Waals surface area contributed by atoms with Gasteiger partial charge >= 0.3 is 0 Å². The molecule has 0 unspecified atom stereocenters. The van der Waals surface area contributed by atoms with Crippen LogP contribution in [-0.4, -0.2) is 76.9 Å². The molecule has 0 spiro atoms. The van der Waals surface area contributed by atoms with Gasteiger partial charge in [0.25, 0.3) is 0 Å². The van der Waals surface area contributed by atoms with Crippen molar-refractivity contribution in [2.24, 2.45) is 0 Å². The Balaban J connectivity index is 3.05. The lowest BCUT2D eigenvalue weighted by Crippen LogP contribution is -2.36. The number of sulfonamides is 1. The van der Waals surface area contributed by atoms with Crippen LogP contribution in [0.4, 0.5) is 13.2 Å². The fraction of sp³-hybridized carbons (Fsp3) is 0.625. The van der Waals surface area contributed by atoms with Crippen molar-refractivity contribution in [3.63, 3.8) is 0 Å². The van der Waals surface area contributed by atoms with E-state index in [1.807, 2.05) is 38.0 Å². The summed E-state index contributed by atoms with van der Waals surface area (Å²) in [6.07, 6.45) is 1.08. The Morgan fingerprint density at radius 1 is 0.760 bits per heavy atom. The van der Waals surface area contributed by atoms with Crippen molar-refractivity contribution in [2.45, 2.75) is 17.7 Å². The predicted octanol–water partition coefficient (Wildman–Crippen LogP) is 2.00. The highest BCUT2D eigenvalue weighted by molar-refractivity contribution is 7.89. The van der Waals surface area contributed by atoms with Gasteiger partial charge in [-0.05, 0) is 60.2 Å². The summed E-state index contributed by atoms with van der Waals surface area (Å²) in [5.74, 6) is -4.09. The third-order valence-corrected chi connectivity index (χ3v) is 5.53. The molecule has 5 nitrogen and oxygen atoms in total. The van der Waals surface area contributed by atoms with Crippen LogP contribution in [0.2, 0.25) is 0 Å². The van der Waals surface area contributed by atoms with E-state index in [4.69, 9.17) is 0 Å². The van der Waals surface area contributed by atoms with Crippen LogP contribution < -0.4 is 0 Å². The summed E-state index contributed by atoms with van der Waals surface area (Å²) < 4.78 is 67.1. The van der Waals surface area contributed by atoms with Crippen LogP contribution in [0.1, 0.15) is 12.8 Å². The Bertz CT molecular complexity index is 653. The molecule has 9 heteroatoms. The molecule has 144 valence electrons. The van der Waals surface area contributed by atoms with E-state index >= 15 is 0 Å². The zero-order valence-electron chi connectivity index (χ0n) is 15.1. The van der Waals surface area contributed by atoms with Gasteiger partial charge in [0.1, 0.15) is 10.7 Å². The Hall–Kier alpha value is -1.16. The van der Waals surface area contributed by atoms with E-state index in [-0.39, 0.29) is 19.2 Å². The molecule has 0 saturated carbocycles. The van der Waals surface area contributed by atoms with Crippen molar-refractivity contribution in [1.82, 2.24) is 14.1 Å². The lowest BCUT2D eigenvalue weighted by molar-refractivity contribution is 0.325. The first-order chi connectivity index (χ1) is 11.6. The Morgan fingerprint density at radius 3 is 1.64 bits per heavy atom. The number of nitrogens with zero attached hydrogens (tertiary/aromatic N) is 3. The highest BCUT2D eigenvalue weighted by atomic mass is 32.2. The number of hydrogen-bond acceptors (Lipinski definition) is 4. The molecular formula is C16H26F3N3O2S. The second-order valence-corrected chi connectivity index (χ2v) is 8.32. The molecule has 0 radical (unpaired) electrons.